The molecule has 0 saturated heterocycles. The van der Waals surface area contributed by atoms with Gasteiger partial charge in [-0.15, -0.1) is 11.3 Å². The van der Waals surface area contributed by atoms with Crippen LogP contribution in [0.25, 0.3) is 5.00 Å². The zero-order valence-corrected chi connectivity index (χ0v) is 8.62. The summed E-state index contributed by atoms with van der Waals surface area (Å²) in [6.07, 6.45) is 5.45. The molecule has 0 bridgehead atoms. The van der Waals surface area contributed by atoms with Gasteiger partial charge in [-0.1, -0.05) is 6.92 Å². The molecule has 14 heavy (non-hydrogen) atoms. The minimum atomic E-state index is 0.746. The van der Waals surface area contributed by atoms with Crippen LogP contribution in [0.3, 0.4) is 0 Å². The lowest BCUT2D eigenvalue weighted by Gasteiger charge is -2.01. The van der Waals surface area contributed by atoms with Crippen LogP contribution < -0.4 is 0 Å². The lowest BCUT2D eigenvalue weighted by Crippen LogP contribution is -1.95. The maximum atomic E-state index is 10.5. The molecule has 0 radical (unpaired) electrons. The number of hydrogen-bond acceptors (Lipinski definition) is 3. The Labute approximate surface area is 86.0 Å². The van der Waals surface area contributed by atoms with Crippen LogP contribution in [0.2, 0.25) is 0 Å². The van der Waals surface area contributed by atoms with Gasteiger partial charge in [0.2, 0.25) is 0 Å². The predicted molar refractivity (Wildman–Crippen MR) is 56.2 cm³/mol. The van der Waals surface area contributed by atoms with Gasteiger partial charge in [-0.3, -0.25) is 9.36 Å². The van der Waals surface area contributed by atoms with Gasteiger partial charge in [-0.2, -0.15) is 0 Å². The summed E-state index contributed by atoms with van der Waals surface area (Å²) in [7, 11) is 0. The largest absolute Gasteiger partial charge is 0.297 e. The molecule has 0 aliphatic carbocycles. The van der Waals surface area contributed by atoms with E-state index in [0.29, 0.717) is 0 Å². The number of aldehydes is 1. The van der Waals surface area contributed by atoms with Crippen LogP contribution >= 0.6 is 11.3 Å². The monoisotopic (exact) mass is 206 g/mol. The molecule has 0 spiro atoms. The quantitative estimate of drug-likeness (QED) is 0.722. The zero-order valence-electron chi connectivity index (χ0n) is 7.80. The molecule has 0 aliphatic rings. The first kappa shape index (κ1) is 9.15. The van der Waals surface area contributed by atoms with Gasteiger partial charge in [0.05, 0.1) is 4.88 Å². The predicted octanol–water partition coefficient (Wildman–Crippen LogP) is 2.31. The summed E-state index contributed by atoms with van der Waals surface area (Å²) < 4.78 is 2.01. The Morgan fingerprint density at radius 2 is 2.43 bits per heavy atom. The number of nitrogens with zero attached hydrogens (tertiary/aromatic N) is 2. The van der Waals surface area contributed by atoms with Gasteiger partial charge in [0.15, 0.2) is 6.29 Å². The average molecular weight is 206 g/mol. The van der Waals surface area contributed by atoms with Crippen LogP contribution in [0.15, 0.2) is 24.5 Å². The van der Waals surface area contributed by atoms with Crippen LogP contribution in [-0.4, -0.2) is 15.8 Å². The highest BCUT2D eigenvalue weighted by Crippen LogP contribution is 2.20. The van der Waals surface area contributed by atoms with Crippen LogP contribution in [0, 0.1) is 0 Å². The normalized spacial score (nSPS) is 10.4. The van der Waals surface area contributed by atoms with Crippen molar-refractivity contribution in [2.45, 2.75) is 13.3 Å². The topological polar surface area (TPSA) is 34.9 Å². The molecule has 2 heterocycles. The highest BCUT2D eigenvalue weighted by atomic mass is 32.1. The lowest BCUT2D eigenvalue weighted by atomic mass is 10.4. The van der Waals surface area contributed by atoms with Gasteiger partial charge in [-0.25, -0.2) is 4.98 Å². The van der Waals surface area contributed by atoms with Crippen molar-refractivity contribution in [3.05, 3.63) is 35.2 Å². The molecule has 4 heteroatoms. The fraction of sp³-hybridized carbons (Fsp3) is 0.200. The van der Waals surface area contributed by atoms with Crippen molar-refractivity contribution in [1.29, 1.82) is 0 Å². The third kappa shape index (κ3) is 1.48. The van der Waals surface area contributed by atoms with Crippen molar-refractivity contribution < 1.29 is 4.79 Å². The molecule has 0 aliphatic heterocycles. The highest BCUT2D eigenvalue weighted by Gasteiger charge is 2.05. The Morgan fingerprint density at radius 1 is 1.57 bits per heavy atom. The average Bonchev–Trinajstić information content (AvgIpc) is 2.85. The van der Waals surface area contributed by atoms with E-state index in [1.807, 2.05) is 22.9 Å². The molecular weight excluding hydrogens is 196 g/mol. The molecule has 0 amide bonds. The number of rotatable bonds is 3. The van der Waals surface area contributed by atoms with E-state index in [4.69, 9.17) is 0 Å². The van der Waals surface area contributed by atoms with E-state index in [1.165, 1.54) is 11.3 Å². The second-order valence-electron chi connectivity index (χ2n) is 2.86. The molecule has 3 nitrogen and oxygen atoms in total. The molecule has 0 fully saturated rings. The summed E-state index contributed by atoms with van der Waals surface area (Å²) in [5.41, 5.74) is 0. The molecular formula is C10H10N2OS. The van der Waals surface area contributed by atoms with E-state index in [0.717, 1.165) is 28.4 Å². The third-order valence-corrected chi connectivity index (χ3v) is 3.01. The van der Waals surface area contributed by atoms with Crippen LogP contribution in [0.5, 0.6) is 0 Å². The second-order valence-corrected chi connectivity index (χ2v) is 3.95. The summed E-state index contributed by atoms with van der Waals surface area (Å²) >= 11 is 1.48. The van der Waals surface area contributed by atoms with Crippen molar-refractivity contribution >= 4 is 17.6 Å². The Hall–Kier alpha value is -1.42. The zero-order chi connectivity index (χ0) is 9.97. The van der Waals surface area contributed by atoms with Gasteiger partial charge < -0.3 is 0 Å². The molecule has 2 aromatic rings. The van der Waals surface area contributed by atoms with E-state index in [2.05, 4.69) is 11.9 Å². The number of carbonyl (C=O) groups excluding carboxylic acids is 1. The van der Waals surface area contributed by atoms with E-state index < -0.39 is 0 Å². The molecule has 72 valence electrons. The van der Waals surface area contributed by atoms with E-state index >= 15 is 0 Å². The van der Waals surface area contributed by atoms with Crippen LogP contribution in [-0.2, 0) is 6.42 Å². The smallest absolute Gasteiger partial charge is 0.160 e. The number of carbonyl (C=O) groups is 1. The molecule has 0 aromatic carbocycles. The first-order valence-corrected chi connectivity index (χ1v) is 5.24. The molecule has 0 atom stereocenters. The number of aryl methyl sites for hydroxylation is 1. The van der Waals surface area contributed by atoms with Gasteiger partial charge in [0, 0.05) is 18.8 Å². The molecule has 2 rings (SSSR count). The summed E-state index contributed by atoms with van der Waals surface area (Å²) in [5, 5.41) is 1.04. The fourth-order valence-corrected chi connectivity index (χ4v) is 2.16. The van der Waals surface area contributed by atoms with Crippen molar-refractivity contribution in [3.8, 4) is 5.00 Å². The molecule has 0 saturated carbocycles. The fourth-order valence-electron chi connectivity index (χ4n) is 1.33. The number of hydrogen-bond donors (Lipinski definition) is 0. The Bertz CT molecular complexity index is 444. The van der Waals surface area contributed by atoms with Crippen molar-refractivity contribution in [1.82, 2.24) is 9.55 Å². The lowest BCUT2D eigenvalue weighted by molar-refractivity contribution is 0.112. The highest BCUT2D eigenvalue weighted by molar-refractivity contribution is 7.16. The summed E-state index contributed by atoms with van der Waals surface area (Å²) in [5.74, 6) is 1.02. The van der Waals surface area contributed by atoms with Crippen molar-refractivity contribution in [3.63, 3.8) is 0 Å². The van der Waals surface area contributed by atoms with Crippen LogP contribution in [0.4, 0.5) is 0 Å². The van der Waals surface area contributed by atoms with Gasteiger partial charge >= 0.3 is 0 Å². The Kier molecular flexibility index (Phi) is 2.45. The first-order chi connectivity index (χ1) is 6.85. The number of imidazole rings is 1. The molecule has 0 N–H and O–H groups in total. The molecule has 0 unspecified atom stereocenters. The maximum absolute atomic E-state index is 10.5. The SMILES string of the molecule is CCc1nccn1-c1ccc(C=O)s1. The van der Waals surface area contributed by atoms with Crippen molar-refractivity contribution in [2.75, 3.05) is 0 Å². The first-order valence-electron chi connectivity index (χ1n) is 4.42. The number of thiophene rings is 1. The van der Waals surface area contributed by atoms with E-state index in [1.54, 1.807) is 6.20 Å². The van der Waals surface area contributed by atoms with Gasteiger partial charge in [0.25, 0.3) is 0 Å². The van der Waals surface area contributed by atoms with Gasteiger partial charge in [0.1, 0.15) is 10.8 Å². The second kappa shape index (κ2) is 3.75. The third-order valence-electron chi connectivity index (χ3n) is 2.00. The Balaban J connectivity index is 2.43. The van der Waals surface area contributed by atoms with Crippen molar-refractivity contribution in [2.24, 2.45) is 0 Å². The number of aromatic nitrogens is 2. The summed E-state index contributed by atoms with van der Waals surface area (Å²) in [4.78, 5) is 15.5. The van der Waals surface area contributed by atoms with Crippen LogP contribution in [0.1, 0.15) is 22.4 Å². The minimum Gasteiger partial charge on any atom is -0.297 e. The summed E-state index contributed by atoms with van der Waals surface area (Å²) in [6, 6.07) is 3.77. The van der Waals surface area contributed by atoms with E-state index in [-0.39, 0.29) is 0 Å². The Morgan fingerprint density at radius 3 is 3.07 bits per heavy atom. The summed E-state index contributed by atoms with van der Waals surface area (Å²) in [6.45, 7) is 2.06. The molecule has 2 aromatic heterocycles. The van der Waals surface area contributed by atoms with E-state index in [9.17, 15) is 4.79 Å². The standard InChI is InChI=1S/C10H10N2OS/c1-2-9-11-5-6-12(9)10-4-3-8(7-13)14-10/h3-7H,2H2,1H3. The minimum absolute atomic E-state index is 0.746. The maximum Gasteiger partial charge on any atom is 0.160 e. The van der Waals surface area contributed by atoms with Gasteiger partial charge in [-0.05, 0) is 12.1 Å².